The summed E-state index contributed by atoms with van der Waals surface area (Å²) in [5.41, 5.74) is 1.84. The molecular formula is C22H18BrF3N6O4. The quantitative estimate of drug-likeness (QED) is 0.475. The van der Waals surface area contributed by atoms with Crippen LogP contribution in [0.3, 0.4) is 0 Å². The zero-order chi connectivity index (χ0) is 26.2. The van der Waals surface area contributed by atoms with Crippen LogP contribution in [-0.4, -0.2) is 32.6 Å². The van der Waals surface area contributed by atoms with Crippen LogP contribution in [0.2, 0.25) is 0 Å². The first-order valence-electron chi connectivity index (χ1n) is 10.4. The summed E-state index contributed by atoms with van der Waals surface area (Å²) in [6.45, 7) is 1.81. The van der Waals surface area contributed by atoms with Crippen LogP contribution >= 0.6 is 15.9 Å². The lowest BCUT2D eigenvalue weighted by atomic mass is 10.0. The largest absolute Gasteiger partial charge is 0.493 e. The highest BCUT2D eigenvalue weighted by Gasteiger charge is 2.44. The predicted molar refractivity (Wildman–Crippen MR) is 127 cm³/mol. The Morgan fingerprint density at radius 1 is 1.14 bits per heavy atom. The number of halogens is 4. The van der Waals surface area contributed by atoms with E-state index < -0.39 is 18.1 Å². The highest BCUT2D eigenvalue weighted by Crippen LogP contribution is 2.33. The number of carbonyl (C=O) groups excluding carboxylic acids is 2. The number of aromatic nitrogens is 3. The first kappa shape index (κ1) is 25.2. The molecule has 4 rings (SSSR count). The van der Waals surface area contributed by atoms with Crippen molar-refractivity contribution in [2.45, 2.75) is 25.9 Å². The van der Waals surface area contributed by atoms with Gasteiger partial charge in [-0.1, -0.05) is 0 Å². The van der Waals surface area contributed by atoms with E-state index in [9.17, 15) is 27.6 Å². The van der Waals surface area contributed by atoms with Crippen molar-refractivity contribution in [3.05, 3.63) is 62.6 Å². The molecule has 0 aliphatic carbocycles. The fourth-order valence-corrected chi connectivity index (χ4v) is 3.66. The number of hydroxylamine groups is 1. The minimum atomic E-state index is -5.24. The van der Waals surface area contributed by atoms with Crippen LogP contribution in [0, 0.1) is 6.92 Å². The number of anilines is 5. The van der Waals surface area contributed by atoms with Gasteiger partial charge in [0.25, 0.3) is 11.5 Å². The zero-order valence-electron chi connectivity index (χ0n) is 18.8. The van der Waals surface area contributed by atoms with Gasteiger partial charge in [-0.05, 0) is 65.2 Å². The van der Waals surface area contributed by atoms with E-state index >= 15 is 0 Å². The van der Waals surface area contributed by atoms with Gasteiger partial charge in [-0.2, -0.15) is 18.2 Å². The van der Waals surface area contributed by atoms with Crippen molar-refractivity contribution >= 4 is 56.6 Å². The van der Waals surface area contributed by atoms with Crippen LogP contribution in [0.5, 0.6) is 0 Å². The van der Waals surface area contributed by atoms with Gasteiger partial charge in [0, 0.05) is 31.0 Å². The molecule has 0 spiro atoms. The second-order valence-corrected chi connectivity index (χ2v) is 8.66. The Balaban J connectivity index is 1.56. The molecule has 1 aromatic carbocycles. The van der Waals surface area contributed by atoms with Gasteiger partial charge < -0.3 is 20.0 Å². The van der Waals surface area contributed by atoms with Crippen LogP contribution < -0.4 is 21.3 Å². The Labute approximate surface area is 210 Å². The molecule has 10 nitrogen and oxygen atoms in total. The molecule has 3 aromatic rings. The molecule has 2 aromatic heterocycles. The van der Waals surface area contributed by atoms with E-state index in [4.69, 9.17) is 0 Å². The third-order valence-electron chi connectivity index (χ3n) is 5.35. The first-order valence-corrected chi connectivity index (χ1v) is 11.2. The number of aryl methyl sites for hydroxylation is 2. The van der Waals surface area contributed by atoms with Crippen LogP contribution in [-0.2, 0) is 27.9 Å². The number of carbonyl (C=O) groups is 2. The number of hydrogen-bond acceptors (Lipinski definition) is 8. The maximum atomic E-state index is 12.6. The van der Waals surface area contributed by atoms with E-state index in [1.165, 1.54) is 22.9 Å². The molecule has 1 aliphatic heterocycles. The van der Waals surface area contributed by atoms with Crippen LogP contribution in [0.25, 0.3) is 0 Å². The average molecular weight is 567 g/mol. The van der Waals surface area contributed by atoms with Crippen molar-refractivity contribution in [2.75, 3.05) is 15.7 Å². The summed E-state index contributed by atoms with van der Waals surface area (Å²) in [7, 11) is 1.65. The molecule has 2 N–H and O–H groups in total. The number of nitrogens with one attached hydrogen (secondary N) is 2. The normalized spacial score (nSPS) is 13.3. The second kappa shape index (κ2) is 9.60. The third-order valence-corrected chi connectivity index (χ3v) is 5.93. The van der Waals surface area contributed by atoms with E-state index in [1.54, 1.807) is 25.2 Å². The minimum absolute atomic E-state index is 0.0312. The molecule has 1 amide bonds. The summed E-state index contributed by atoms with van der Waals surface area (Å²) in [6, 6.07) is 7.84. The summed E-state index contributed by atoms with van der Waals surface area (Å²) in [4.78, 5) is 48.7. The SMILES string of the molecule is Cc1ccc(Nc2nc(Nc3ccc4c(c3)CCC(=O)N4OC(=O)C(F)(F)F)ncc2Br)c(=O)n1C. The first-order chi connectivity index (χ1) is 16.9. The highest BCUT2D eigenvalue weighted by molar-refractivity contribution is 9.10. The molecule has 0 unspecified atom stereocenters. The number of fused-ring (bicyclic) bond motifs is 1. The summed E-state index contributed by atoms with van der Waals surface area (Å²) in [6.07, 6.45) is -3.68. The van der Waals surface area contributed by atoms with Crippen LogP contribution in [0.15, 0.2) is 45.8 Å². The molecule has 0 bridgehead atoms. The minimum Gasteiger partial charge on any atom is -0.335 e. The van der Waals surface area contributed by atoms with Gasteiger partial charge >= 0.3 is 12.1 Å². The topological polar surface area (TPSA) is 118 Å². The molecule has 14 heteroatoms. The van der Waals surface area contributed by atoms with E-state index in [2.05, 4.69) is 41.4 Å². The van der Waals surface area contributed by atoms with E-state index in [1.807, 2.05) is 6.92 Å². The van der Waals surface area contributed by atoms with Crippen molar-refractivity contribution in [3.8, 4) is 0 Å². The Morgan fingerprint density at radius 2 is 1.89 bits per heavy atom. The lowest BCUT2D eigenvalue weighted by Crippen LogP contribution is -2.41. The van der Waals surface area contributed by atoms with Gasteiger partial charge in [0.2, 0.25) is 5.95 Å². The average Bonchev–Trinajstić information content (AvgIpc) is 2.82. The lowest BCUT2D eigenvalue weighted by molar-refractivity contribution is -0.201. The van der Waals surface area contributed by atoms with Gasteiger partial charge in [-0.3, -0.25) is 9.59 Å². The van der Waals surface area contributed by atoms with Crippen molar-refractivity contribution in [1.82, 2.24) is 14.5 Å². The standard InChI is InChI=1S/C22H18BrF3N6O4/c1-11-3-6-15(19(34)31(11)2)29-18-14(23)10-27-21(30-18)28-13-5-7-16-12(9-13)4-8-17(33)32(16)36-20(35)22(24,25)26/h3,5-7,9-10H,4,8H2,1-2H3,(H2,27,28,29,30). The maximum absolute atomic E-state index is 12.6. The molecule has 188 valence electrons. The smallest absolute Gasteiger partial charge is 0.335 e. The lowest BCUT2D eigenvalue weighted by Gasteiger charge is -2.28. The van der Waals surface area contributed by atoms with E-state index in [0.29, 0.717) is 32.3 Å². The van der Waals surface area contributed by atoms with Gasteiger partial charge in [-0.15, -0.1) is 5.06 Å². The summed E-state index contributed by atoms with van der Waals surface area (Å²) >= 11 is 3.34. The molecule has 3 heterocycles. The number of pyridine rings is 1. The fraction of sp³-hybridized carbons (Fsp3) is 0.227. The number of amides is 1. The molecule has 0 fully saturated rings. The number of nitrogens with zero attached hydrogens (tertiary/aromatic N) is 4. The molecular weight excluding hydrogens is 549 g/mol. The second-order valence-electron chi connectivity index (χ2n) is 7.80. The van der Waals surface area contributed by atoms with E-state index in [0.717, 1.165) is 5.69 Å². The fourth-order valence-electron chi connectivity index (χ4n) is 3.37. The Hall–Kier alpha value is -3.94. The number of alkyl halides is 3. The summed E-state index contributed by atoms with van der Waals surface area (Å²) in [5, 5.41) is 6.31. The molecule has 36 heavy (non-hydrogen) atoms. The monoisotopic (exact) mass is 566 g/mol. The highest BCUT2D eigenvalue weighted by atomic mass is 79.9. The van der Waals surface area contributed by atoms with E-state index in [-0.39, 0.29) is 30.0 Å². The van der Waals surface area contributed by atoms with Gasteiger partial charge in [0.1, 0.15) is 5.69 Å². The molecule has 0 saturated heterocycles. The number of rotatable bonds is 5. The molecule has 0 saturated carbocycles. The predicted octanol–water partition coefficient (Wildman–Crippen LogP) is 4.03. The van der Waals surface area contributed by atoms with Crippen LogP contribution in [0.1, 0.15) is 17.7 Å². The maximum Gasteiger partial charge on any atom is 0.493 e. The van der Waals surface area contributed by atoms with Gasteiger partial charge in [0.15, 0.2) is 5.82 Å². The van der Waals surface area contributed by atoms with Gasteiger partial charge in [0.05, 0.1) is 10.2 Å². The molecule has 0 atom stereocenters. The van der Waals surface area contributed by atoms with Crippen molar-refractivity contribution < 1.29 is 27.6 Å². The zero-order valence-corrected chi connectivity index (χ0v) is 20.4. The Morgan fingerprint density at radius 3 is 2.61 bits per heavy atom. The number of benzene rings is 1. The Bertz CT molecular complexity index is 1430. The van der Waals surface area contributed by atoms with Crippen molar-refractivity contribution in [3.63, 3.8) is 0 Å². The van der Waals surface area contributed by atoms with Crippen molar-refractivity contribution in [1.29, 1.82) is 0 Å². The van der Waals surface area contributed by atoms with Gasteiger partial charge in [-0.25, -0.2) is 9.78 Å². The molecule has 1 aliphatic rings. The van der Waals surface area contributed by atoms with Crippen molar-refractivity contribution in [2.24, 2.45) is 7.05 Å². The summed E-state index contributed by atoms with van der Waals surface area (Å²) < 4.78 is 39.8. The third kappa shape index (κ3) is 5.17. The Kier molecular flexibility index (Phi) is 6.71. The molecule has 0 radical (unpaired) electrons. The summed E-state index contributed by atoms with van der Waals surface area (Å²) in [5.74, 6) is -2.77. The van der Waals surface area contributed by atoms with Crippen LogP contribution in [0.4, 0.5) is 42.0 Å². The number of hydrogen-bond donors (Lipinski definition) is 2.